The number of rotatable bonds is 3. The Balaban J connectivity index is 2.26. The van der Waals surface area contributed by atoms with Crippen LogP contribution in [0.4, 0.5) is 0 Å². The lowest BCUT2D eigenvalue weighted by molar-refractivity contribution is -0.139. The Hall–Kier alpha value is -1.61. The average molecular weight is 232 g/mol. The van der Waals surface area contributed by atoms with Crippen LogP contribution in [0.1, 0.15) is 17.5 Å². The average Bonchev–Trinajstić information content (AvgIpc) is 2.40. The van der Waals surface area contributed by atoms with Crippen LogP contribution in [0.3, 0.4) is 0 Å². The summed E-state index contributed by atoms with van der Waals surface area (Å²) >= 11 is 0. The van der Waals surface area contributed by atoms with Crippen molar-refractivity contribution in [3.05, 3.63) is 41.5 Å². The third kappa shape index (κ3) is 2.94. The maximum Gasteiger partial charge on any atom is 0.309 e. The van der Waals surface area contributed by atoms with E-state index in [1.54, 1.807) is 0 Å². The number of benzene rings is 1. The largest absolute Gasteiger partial charge is 0.469 e. The first-order valence-electron chi connectivity index (χ1n) is 5.73. The second kappa shape index (κ2) is 5.64. The Morgan fingerprint density at radius 3 is 2.94 bits per heavy atom. The molecular formula is C14H16O3. The van der Waals surface area contributed by atoms with Crippen LogP contribution in [-0.2, 0) is 20.7 Å². The summed E-state index contributed by atoms with van der Waals surface area (Å²) < 4.78 is 10.0. The molecule has 0 atom stereocenters. The Bertz CT molecular complexity index is 435. The number of hydrogen-bond acceptors (Lipinski definition) is 3. The molecule has 0 unspecified atom stereocenters. The summed E-state index contributed by atoms with van der Waals surface area (Å²) in [5.41, 5.74) is 3.42. The van der Waals surface area contributed by atoms with Crippen LogP contribution in [0, 0.1) is 0 Å². The van der Waals surface area contributed by atoms with Gasteiger partial charge in [0.25, 0.3) is 0 Å². The highest BCUT2D eigenvalue weighted by Gasteiger charge is 2.12. The van der Waals surface area contributed by atoms with Gasteiger partial charge in [-0.15, -0.1) is 0 Å². The first-order valence-corrected chi connectivity index (χ1v) is 5.73. The van der Waals surface area contributed by atoms with Crippen LogP contribution in [0.15, 0.2) is 30.3 Å². The van der Waals surface area contributed by atoms with Gasteiger partial charge in [-0.1, -0.05) is 30.3 Å². The first-order chi connectivity index (χ1) is 8.31. The molecule has 2 rings (SSSR count). The molecule has 0 aromatic heterocycles. The third-order valence-electron chi connectivity index (χ3n) is 2.89. The minimum absolute atomic E-state index is 0.204. The van der Waals surface area contributed by atoms with Crippen molar-refractivity contribution in [2.24, 2.45) is 0 Å². The van der Waals surface area contributed by atoms with Crippen molar-refractivity contribution < 1.29 is 14.3 Å². The number of hydrogen-bond donors (Lipinski definition) is 0. The van der Waals surface area contributed by atoms with Crippen molar-refractivity contribution in [2.75, 3.05) is 20.3 Å². The van der Waals surface area contributed by atoms with Gasteiger partial charge in [0.2, 0.25) is 0 Å². The second-order valence-electron chi connectivity index (χ2n) is 3.96. The SMILES string of the molecule is COC(=O)Cc1ccccc1C1=CCOCC1. The van der Waals surface area contributed by atoms with Gasteiger partial charge in [0.05, 0.1) is 26.7 Å². The summed E-state index contributed by atoms with van der Waals surface area (Å²) in [4.78, 5) is 11.3. The van der Waals surface area contributed by atoms with Crippen molar-refractivity contribution in [1.29, 1.82) is 0 Å². The Morgan fingerprint density at radius 2 is 2.24 bits per heavy atom. The molecule has 17 heavy (non-hydrogen) atoms. The van der Waals surface area contributed by atoms with E-state index < -0.39 is 0 Å². The lowest BCUT2D eigenvalue weighted by Gasteiger charge is -2.16. The van der Waals surface area contributed by atoms with Gasteiger partial charge in [-0.05, 0) is 23.1 Å². The molecule has 3 nitrogen and oxygen atoms in total. The molecule has 0 fully saturated rings. The Labute approximate surface area is 101 Å². The Kier molecular flexibility index (Phi) is 3.94. The summed E-state index contributed by atoms with van der Waals surface area (Å²) in [7, 11) is 1.42. The van der Waals surface area contributed by atoms with Crippen molar-refractivity contribution in [2.45, 2.75) is 12.8 Å². The van der Waals surface area contributed by atoms with Crippen molar-refractivity contribution in [3.63, 3.8) is 0 Å². The number of carbonyl (C=O) groups is 1. The van der Waals surface area contributed by atoms with Crippen LogP contribution < -0.4 is 0 Å². The standard InChI is InChI=1S/C14H16O3/c1-16-14(15)10-12-4-2-3-5-13(12)11-6-8-17-9-7-11/h2-6H,7-10H2,1H3. The van der Waals surface area contributed by atoms with Crippen molar-refractivity contribution in [3.8, 4) is 0 Å². The molecule has 0 aliphatic carbocycles. The number of ether oxygens (including phenoxy) is 2. The van der Waals surface area contributed by atoms with E-state index in [0.717, 1.165) is 24.2 Å². The molecule has 0 saturated heterocycles. The summed E-state index contributed by atoms with van der Waals surface area (Å²) in [6, 6.07) is 7.96. The monoisotopic (exact) mass is 232 g/mol. The predicted molar refractivity (Wildman–Crippen MR) is 65.6 cm³/mol. The van der Waals surface area contributed by atoms with Gasteiger partial charge in [0, 0.05) is 0 Å². The molecule has 0 spiro atoms. The van der Waals surface area contributed by atoms with Gasteiger partial charge in [0.1, 0.15) is 0 Å². The van der Waals surface area contributed by atoms with Crippen LogP contribution in [0.25, 0.3) is 5.57 Å². The van der Waals surface area contributed by atoms with E-state index in [-0.39, 0.29) is 5.97 Å². The fourth-order valence-electron chi connectivity index (χ4n) is 1.99. The molecular weight excluding hydrogens is 216 g/mol. The molecule has 3 heteroatoms. The summed E-state index contributed by atoms with van der Waals surface area (Å²) in [5.74, 6) is -0.204. The summed E-state index contributed by atoms with van der Waals surface area (Å²) in [6.45, 7) is 1.40. The van der Waals surface area contributed by atoms with E-state index in [1.807, 2.05) is 18.2 Å². The van der Waals surface area contributed by atoms with Gasteiger partial charge < -0.3 is 9.47 Å². The fourth-order valence-corrected chi connectivity index (χ4v) is 1.99. The minimum Gasteiger partial charge on any atom is -0.469 e. The summed E-state index contributed by atoms with van der Waals surface area (Å²) in [5, 5.41) is 0. The highest BCUT2D eigenvalue weighted by molar-refractivity contribution is 5.77. The molecule has 1 heterocycles. The van der Waals surface area contributed by atoms with Gasteiger partial charge in [-0.25, -0.2) is 0 Å². The van der Waals surface area contributed by atoms with Crippen molar-refractivity contribution in [1.82, 2.24) is 0 Å². The van der Waals surface area contributed by atoms with Crippen LogP contribution in [-0.4, -0.2) is 26.3 Å². The fraction of sp³-hybridized carbons (Fsp3) is 0.357. The van der Waals surface area contributed by atoms with E-state index in [0.29, 0.717) is 13.0 Å². The molecule has 1 aromatic rings. The van der Waals surface area contributed by atoms with E-state index in [2.05, 4.69) is 12.1 Å². The van der Waals surface area contributed by atoms with Gasteiger partial charge in [-0.2, -0.15) is 0 Å². The third-order valence-corrected chi connectivity index (χ3v) is 2.89. The van der Waals surface area contributed by atoms with Crippen LogP contribution in [0.5, 0.6) is 0 Å². The lowest BCUT2D eigenvalue weighted by atomic mass is 9.95. The number of esters is 1. The van der Waals surface area contributed by atoms with Crippen molar-refractivity contribution >= 4 is 11.5 Å². The number of carbonyl (C=O) groups excluding carboxylic acids is 1. The molecule has 0 N–H and O–H groups in total. The zero-order valence-corrected chi connectivity index (χ0v) is 9.94. The molecule has 1 aliphatic rings. The number of methoxy groups -OCH3 is 1. The van der Waals surface area contributed by atoms with Crippen LogP contribution in [0.2, 0.25) is 0 Å². The van der Waals surface area contributed by atoms with E-state index in [9.17, 15) is 4.79 Å². The zero-order chi connectivity index (χ0) is 12.1. The molecule has 0 amide bonds. The summed E-state index contributed by atoms with van der Waals surface area (Å²) in [6.07, 6.45) is 3.31. The highest BCUT2D eigenvalue weighted by Crippen LogP contribution is 2.25. The molecule has 0 bridgehead atoms. The molecule has 1 aromatic carbocycles. The normalized spacial score (nSPS) is 15.2. The highest BCUT2D eigenvalue weighted by atomic mass is 16.5. The molecule has 0 saturated carbocycles. The van der Waals surface area contributed by atoms with Gasteiger partial charge in [0.15, 0.2) is 0 Å². The van der Waals surface area contributed by atoms with Crippen LogP contribution >= 0.6 is 0 Å². The maximum atomic E-state index is 11.3. The second-order valence-corrected chi connectivity index (χ2v) is 3.96. The van der Waals surface area contributed by atoms with E-state index >= 15 is 0 Å². The smallest absolute Gasteiger partial charge is 0.309 e. The first kappa shape index (κ1) is 11.9. The van der Waals surface area contributed by atoms with Gasteiger partial charge in [-0.3, -0.25) is 4.79 Å². The lowest BCUT2D eigenvalue weighted by Crippen LogP contribution is -2.09. The molecule has 90 valence electrons. The van der Waals surface area contributed by atoms with Gasteiger partial charge >= 0.3 is 5.97 Å². The predicted octanol–water partition coefficient (Wildman–Crippen LogP) is 2.21. The molecule has 1 aliphatic heterocycles. The molecule has 0 radical (unpaired) electrons. The topological polar surface area (TPSA) is 35.5 Å². The minimum atomic E-state index is -0.204. The Morgan fingerprint density at radius 1 is 1.41 bits per heavy atom. The maximum absolute atomic E-state index is 11.3. The quantitative estimate of drug-likeness (QED) is 0.749. The van der Waals surface area contributed by atoms with E-state index in [1.165, 1.54) is 12.7 Å². The van der Waals surface area contributed by atoms with E-state index in [4.69, 9.17) is 9.47 Å². The zero-order valence-electron chi connectivity index (χ0n) is 9.94.